The van der Waals surface area contributed by atoms with E-state index in [0.29, 0.717) is 12.8 Å². The maximum atomic E-state index is 13.9. The molecule has 2 amide bonds. The highest BCUT2D eigenvalue weighted by molar-refractivity contribution is 6.06. The Labute approximate surface area is 208 Å². The van der Waals surface area contributed by atoms with E-state index >= 15 is 0 Å². The molecule has 1 saturated carbocycles. The van der Waals surface area contributed by atoms with E-state index in [1.54, 1.807) is 0 Å². The number of primary amides is 1. The molecule has 2 aromatic carbocycles. The summed E-state index contributed by atoms with van der Waals surface area (Å²) in [5.41, 5.74) is 3.89. The van der Waals surface area contributed by atoms with Gasteiger partial charge in [-0.15, -0.1) is 0 Å². The predicted octanol–water partition coefficient (Wildman–Crippen LogP) is 5.03. The lowest BCUT2D eigenvalue weighted by Crippen LogP contribution is -2.20. The molecule has 8 nitrogen and oxygen atoms in total. The second-order valence-electron chi connectivity index (χ2n) is 8.20. The number of nitrogens with one attached hydrogen (secondary N) is 1. The normalized spacial score (nSPS) is 13.1. The summed E-state index contributed by atoms with van der Waals surface area (Å²) in [6, 6.07) is 7.81. The van der Waals surface area contributed by atoms with E-state index in [1.165, 1.54) is 25.4 Å². The van der Waals surface area contributed by atoms with Gasteiger partial charge in [-0.1, -0.05) is 0 Å². The fraction of sp³-hybridized carbons (Fsp3) is 0.240. The summed E-state index contributed by atoms with van der Waals surface area (Å²) in [5, 5.41) is 2.51. The zero-order valence-corrected chi connectivity index (χ0v) is 19.4. The molecule has 3 N–H and O–H groups in total. The fourth-order valence-electron chi connectivity index (χ4n) is 3.58. The monoisotopic (exact) mass is 519 g/mol. The first-order chi connectivity index (χ1) is 17.5. The Morgan fingerprint density at radius 3 is 2.49 bits per heavy atom. The van der Waals surface area contributed by atoms with Crippen LogP contribution in [-0.2, 0) is 11.0 Å². The van der Waals surface area contributed by atoms with Gasteiger partial charge in [0, 0.05) is 24.0 Å². The van der Waals surface area contributed by atoms with E-state index in [1.807, 2.05) is 0 Å². The van der Waals surface area contributed by atoms with Gasteiger partial charge in [-0.25, -0.2) is 9.37 Å². The number of halogens is 4. The number of carbonyl (C=O) groups is 2. The number of hydrogen-bond donors (Lipinski definition) is 2. The summed E-state index contributed by atoms with van der Waals surface area (Å²) >= 11 is 0. The molecule has 194 valence electrons. The van der Waals surface area contributed by atoms with Crippen LogP contribution in [0.25, 0.3) is 0 Å². The minimum Gasteiger partial charge on any atom is -0.481 e. The minimum absolute atomic E-state index is 0.0219. The Morgan fingerprint density at radius 2 is 1.84 bits per heavy atom. The molecule has 1 aliphatic rings. The Morgan fingerprint density at radius 1 is 1.08 bits per heavy atom. The quantitative estimate of drug-likeness (QED) is 0.384. The Balaban J connectivity index is 1.78. The predicted molar refractivity (Wildman–Crippen MR) is 123 cm³/mol. The molecule has 12 heteroatoms. The van der Waals surface area contributed by atoms with Gasteiger partial charge in [0.05, 0.1) is 18.2 Å². The molecule has 0 saturated heterocycles. The van der Waals surface area contributed by atoms with Crippen molar-refractivity contribution in [2.45, 2.75) is 24.9 Å². The molecule has 0 unspecified atom stereocenters. The molecular formula is C25H21F4N3O5. The van der Waals surface area contributed by atoms with Crippen molar-refractivity contribution in [2.24, 2.45) is 5.73 Å². The lowest BCUT2D eigenvalue weighted by atomic mass is 9.98. The van der Waals surface area contributed by atoms with Crippen molar-refractivity contribution in [1.82, 2.24) is 4.98 Å². The van der Waals surface area contributed by atoms with Gasteiger partial charge in [-0.05, 0) is 54.7 Å². The molecule has 0 aliphatic heterocycles. The molecule has 37 heavy (non-hydrogen) atoms. The van der Waals surface area contributed by atoms with E-state index < -0.39 is 41.5 Å². The third-order valence-corrected chi connectivity index (χ3v) is 5.42. The third-order valence-electron chi connectivity index (χ3n) is 5.42. The number of nitrogens with two attached hydrogens (primary N) is 1. The van der Waals surface area contributed by atoms with Crippen molar-refractivity contribution in [3.05, 3.63) is 71.2 Å². The van der Waals surface area contributed by atoms with Crippen LogP contribution in [0.15, 0.2) is 48.7 Å². The summed E-state index contributed by atoms with van der Waals surface area (Å²) in [4.78, 5) is 28.2. The smallest absolute Gasteiger partial charge is 0.416 e. The third kappa shape index (κ3) is 6.26. The number of carbonyl (C=O) groups excluding carboxylic acids is 2. The van der Waals surface area contributed by atoms with Crippen molar-refractivity contribution < 1.29 is 41.4 Å². The fourth-order valence-corrected chi connectivity index (χ4v) is 3.58. The minimum atomic E-state index is -4.73. The van der Waals surface area contributed by atoms with Crippen molar-refractivity contribution in [3.8, 4) is 23.1 Å². The number of benzene rings is 2. The molecular weight excluding hydrogens is 498 g/mol. The SMILES string of the molecule is COc1cc(NC(=O)c2cc(C(F)(F)F)c(C3CC3)cc2Oc2ccc(F)cc2OCC(N)=O)ccn1. The summed E-state index contributed by atoms with van der Waals surface area (Å²) in [7, 11) is 1.37. The molecule has 4 rings (SSSR count). The van der Waals surface area contributed by atoms with Gasteiger partial charge in [0.1, 0.15) is 11.6 Å². The largest absolute Gasteiger partial charge is 0.481 e. The van der Waals surface area contributed by atoms with Gasteiger partial charge in [-0.3, -0.25) is 9.59 Å². The van der Waals surface area contributed by atoms with Crippen molar-refractivity contribution in [3.63, 3.8) is 0 Å². The standard InChI is InChI=1S/C25H21F4N3O5/c1-35-23-9-15(6-7-31-23)32-24(34)17-10-18(25(27,28)29)16(13-2-3-13)11-20(17)37-19-5-4-14(26)8-21(19)36-12-22(30)33/h4-11,13H,2-3,12H2,1H3,(H2,30,33)(H,31,32,34). The van der Waals surface area contributed by atoms with Crippen LogP contribution in [0.4, 0.5) is 23.2 Å². The number of aromatic nitrogens is 1. The van der Waals surface area contributed by atoms with Gasteiger partial charge in [-0.2, -0.15) is 13.2 Å². The van der Waals surface area contributed by atoms with Crippen molar-refractivity contribution >= 4 is 17.5 Å². The highest BCUT2D eigenvalue weighted by Crippen LogP contribution is 2.48. The first-order valence-corrected chi connectivity index (χ1v) is 11.0. The van der Waals surface area contributed by atoms with Crippen LogP contribution in [0.1, 0.15) is 40.2 Å². The first kappa shape index (κ1) is 25.7. The number of hydrogen-bond acceptors (Lipinski definition) is 6. The molecule has 0 bridgehead atoms. The summed E-state index contributed by atoms with van der Waals surface area (Å²) < 4.78 is 71.7. The van der Waals surface area contributed by atoms with Gasteiger partial charge in [0.15, 0.2) is 18.1 Å². The van der Waals surface area contributed by atoms with Crippen LogP contribution in [-0.4, -0.2) is 30.5 Å². The Hall–Kier alpha value is -4.35. The Kier molecular flexibility index (Phi) is 7.18. The molecule has 0 radical (unpaired) electrons. The zero-order chi connectivity index (χ0) is 26.7. The lowest BCUT2D eigenvalue weighted by molar-refractivity contribution is -0.138. The average Bonchev–Trinajstić information content (AvgIpc) is 3.68. The molecule has 1 heterocycles. The molecule has 0 atom stereocenters. The maximum absolute atomic E-state index is 13.9. The molecule has 1 aliphatic carbocycles. The van der Waals surface area contributed by atoms with E-state index in [2.05, 4.69) is 10.3 Å². The van der Waals surface area contributed by atoms with Crippen LogP contribution >= 0.6 is 0 Å². The van der Waals surface area contributed by atoms with Gasteiger partial charge >= 0.3 is 6.18 Å². The molecule has 1 aromatic heterocycles. The number of amides is 2. The van der Waals surface area contributed by atoms with E-state index in [4.69, 9.17) is 19.9 Å². The maximum Gasteiger partial charge on any atom is 0.416 e. The number of nitrogens with zero attached hydrogens (tertiary/aromatic N) is 1. The summed E-state index contributed by atoms with van der Waals surface area (Å²) in [6.07, 6.45) is -2.27. The number of anilines is 1. The average molecular weight is 519 g/mol. The van der Waals surface area contributed by atoms with E-state index in [-0.39, 0.29) is 40.3 Å². The Bertz CT molecular complexity index is 1340. The van der Waals surface area contributed by atoms with Crippen molar-refractivity contribution in [2.75, 3.05) is 19.0 Å². The summed E-state index contributed by atoms with van der Waals surface area (Å²) in [6.45, 7) is -0.600. The number of methoxy groups -OCH3 is 1. The lowest BCUT2D eigenvalue weighted by Gasteiger charge is -2.19. The van der Waals surface area contributed by atoms with Gasteiger partial charge in [0.2, 0.25) is 5.88 Å². The second-order valence-corrected chi connectivity index (χ2v) is 8.20. The molecule has 0 spiro atoms. The number of rotatable bonds is 9. The van der Waals surface area contributed by atoms with Crippen LogP contribution < -0.4 is 25.3 Å². The first-order valence-electron chi connectivity index (χ1n) is 11.0. The van der Waals surface area contributed by atoms with Crippen LogP contribution in [0.2, 0.25) is 0 Å². The number of ether oxygens (including phenoxy) is 3. The van der Waals surface area contributed by atoms with Crippen LogP contribution in [0.3, 0.4) is 0 Å². The highest BCUT2D eigenvalue weighted by Gasteiger charge is 2.40. The second kappa shape index (κ2) is 10.3. The van der Waals surface area contributed by atoms with Crippen LogP contribution in [0, 0.1) is 5.82 Å². The van der Waals surface area contributed by atoms with Crippen molar-refractivity contribution in [1.29, 1.82) is 0 Å². The zero-order valence-electron chi connectivity index (χ0n) is 19.4. The van der Waals surface area contributed by atoms with Gasteiger partial charge in [0.25, 0.3) is 11.8 Å². The van der Waals surface area contributed by atoms with E-state index in [9.17, 15) is 27.2 Å². The van der Waals surface area contributed by atoms with Gasteiger partial charge < -0.3 is 25.3 Å². The topological polar surface area (TPSA) is 113 Å². The number of pyridine rings is 1. The molecule has 3 aromatic rings. The highest BCUT2D eigenvalue weighted by atomic mass is 19.4. The number of alkyl halides is 3. The molecule has 1 fully saturated rings. The van der Waals surface area contributed by atoms with Crippen LogP contribution in [0.5, 0.6) is 23.1 Å². The summed E-state index contributed by atoms with van der Waals surface area (Å²) in [5.74, 6) is -3.21. The van der Waals surface area contributed by atoms with E-state index in [0.717, 1.165) is 30.3 Å².